The second kappa shape index (κ2) is 15.9. The summed E-state index contributed by atoms with van der Waals surface area (Å²) in [5.41, 5.74) is 3.03. The van der Waals surface area contributed by atoms with Gasteiger partial charge in [0, 0.05) is 24.5 Å². The third-order valence-corrected chi connectivity index (χ3v) is 9.72. The van der Waals surface area contributed by atoms with Crippen molar-refractivity contribution in [2.45, 2.75) is 57.5 Å². The van der Waals surface area contributed by atoms with Gasteiger partial charge in [0.25, 0.3) is 10.0 Å². The van der Waals surface area contributed by atoms with E-state index < -0.39 is 28.5 Å². The lowest BCUT2D eigenvalue weighted by Crippen LogP contribution is -2.53. The molecule has 0 saturated carbocycles. The van der Waals surface area contributed by atoms with Crippen molar-refractivity contribution >= 4 is 39.1 Å². The molecule has 0 heterocycles. The number of halogens is 1. The number of amides is 2. The SMILES string of the molecule is CC(C)CNC(=O)[C@H](Cc1ccccc1)N(Cc1ccc(Cl)cc1)C(=O)CN(c1ccc(C(C)C)cc1)S(=O)(=O)c1ccccc1. The van der Waals surface area contributed by atoms with Crippen LogP contribution < -0.4 is 9.62 Å². The Morgan fingerprint density at radius 3 is 1.91 bits per heavy atom. The van der Waals surface area contributed by atoms with Crippen LogP contribution in [0.25, 0.3) is 0 Å². The van der Waals surface area contributed by atoms with Crippen LogP contribution in [0.2, 0.25) is 5.02 Å². The Balaban J connectivity index is 1.79. The van der Waals surface area contributed by atoms with Gasteiger partial charge in [0.05, 0.1) is 10.6 Å². The normalized spacial score (nSPS) is 12.2. The van der Waals surface area contributed by atoms with E-state index in [0.717, 1.165) is 21.0 Å². The van der Waals surface area contributed by atoms with Crippen molar-refractivity contribution in [3.8, 4) is 0 Å². The summed E-state index contributed by atoms with van der Waals surface area (Å²) in [5.74, 6) is -0.378. The van der Waals surface area contributed by atoms with Crippen molar-refractivity contribution in [2.24, 2.45) is 5.92 Å². The van der Waals surface area contributed by atoms with E-state index in [2.05, 4.69) is 19.2 Å². The molecule has 0 aliphatic rings. The minimum atomic E-state index is -4.15. The van der Waals surface area contributed by atoms with Crippen LogP contribution in [0.5, 0.6) is 0 Å². The molecule has 4 aromatic carbocycles. The highest BCUT2D eigenvalue weighted by atomic mass is 35.5. The maximum Gasteiger partial charge on any atom is 0.264 e. The highest BCUT2D eigenvalue weighted by molar-refractivity contribution is 7.92. The number of hydrogen-bond acceptors (Lipinski definition) is 4. The van der Waals surface area contributed by atoms with Crippen LogP contribution in [0.15, 0.2) is 114 Å². The zero-order valence-electron chi connectivity index (χ0n) is 26.8. The smallest absolute Gasteiger partial charge is 0.264 e. The van der Waals surface area contributed by atoms with Gasteiger partial charge in [-0.15, -0.1) is 0 Å². The maximum atomic E-state index is 14.5. The molecule has 0 bridgehead atoms. The predicted octanol–water partition coefficient (Wildman–Crippen LogP) is 7.07. The van der Waals surface area contributed by atoms with Gasteiger partial charge in [0.1, 0.15) is 12.6 Å². The van der Waals surface area contributed by atoms with Crippen molar-refractivity contribution in [1.82, 2.24) is 10.2 Å². The van der Waals surface area contributed by atoms with Gasteiger partial charge in [-0.05, 0) is 64.9 Å². The molecular formula is C37H42ClN3O4S. The summed E-state index contributed by atoms with van der Waals surface area (Å²) in [6, 6.07) is 30.9. The van der Waals surface area contributed by atoms with Crippen LogP contribution in [0.4, 0.5) is 5.69 Å². The molecule has 1 atom stereocenters. The molecule has 7 nitrogen and oxygen atoms in total. The minimum Gasteiger partial charge on any atom is -0.354 e. The van der Waals surface area contributed by atoms with Gasteiger partial charge >= 0.3 is 0 Å². The summed E-state index contributed by atoms with van der Waals surface area (Å²) in [5, 5.41) is 3.55. The van der Waals surface area contributed by atoms with E-state index >= 15 is 0 Å². The fourth-order valence-electron chi connectivity index (χ4n) is 5.04. The number of anilines is 1. The van der Waals surface area contributed by atoms with Crippen molar-refractivity contribution in [1.29, 1.82) is 0 Å². The Kier molecular flexibility index (Phi) is 12.0. The number of carbonyl (C=O) groups is 2. The molecule has 4 aromatic rings. The number of rotatable bonds is 14. The van der Waals surface area contributed by atoms with Crippen LogP contribution in [-0.4, -0.2) is 44.3 Å². The number of sulfonamides is 1. The van der Waals surface area contributed by atoms with Gasteiger partial charge in [-0.1, -0.05) is 112 Å². The molecule has 9 heteroatoms. The molecule has 4 rings (SSSR count). The Hall–Kier alpha value is -4.14. The first-order chi connectivity index (χ1) is 22.0. The largest absolute Gasteiger partial charge is 0.354 e. The van der Waals surface area contributed by atoms with Gasteiger partial charge < -0.3 is 10.2 Å². The molecule has 0 radical (unpaired) electrons. The summed E-state index contributed by atoms with van der Waals surface area (Å²) in [7, 11) is -4.15. The molecule has 1 N–H and O–H groups in total. The van der Waals surface area contributed by atoms with Gasteiger partial charge in [0.2, 0.25) is 11.8 Å². The first-order valence-electron chi connectivity index (χ1n) is 15.5. The van der Waals surface area contributed by atoms with Gasteiger partial charge in [-0.2, -0.15) is 0 Å². The Morgan fingerprint density at radius 2 is 1.35 bits per heavy atom. The molecule has 242 valence electrons. The van der Waals surface area contributed by atoms with E-state index in [0.29, 0.717) is 17.3 Å². The first kappa shape index (κ1) is 34.7. The summed E-state index contributed by atoms with van der Waals surface area (Å²) < 4.78 is 29.4. The first-order valence-corrected chi connectivity index (χ1v) is 17.3. The Labute approximate surface area is 278 Å². The minimum absolute atomic E-state index is 0.0653. The van der Waals surface area contributed by atoms with E-state index in [9.17, 15) is 18.0 Å². The molecule has 0 spiro atoms. The zero-order chi connectivity index (χ0) is 33.3. The number of benzene rings is 4. The van der Waals surface area contributed by atoms with Crippen molar-refractivity contribution < 1.29 is 18.0 Å². The monoisotopic (exact) mass is 659 g/mol. The van der Waals surface area contributed by atoms with Gasteiger partial charge in [-0.3, -0.25) is 13.9 Å². The molecule has 0 saturated heterocycles. The number of carbonyl (C=O) groups excluding carboxylic acids is 2. The average Bonchev–Trinajstić information content (AvgIpc) is 3.05. The molecular weight excluding hydrogens is 618 g/mol. The summed E-state index contributed by atoms with van der Waals surface area (Å²) in [4.78, 5) is 30.0. The van der Waals surface area contributed by atoms with Crippen LogP contribution in [0.1, 0.15) is 50.3 Å². The van der Waals surface area contributed by atoms with Crippen LogP contribution in [0.3, 0.4) is 0 Å². The van der Waals surface area contributed by atoms with Gasteiger partial charge in [0.15, 0.2) is 0 Å². The number of nitrogens with one attached hydrogen (secondary N) is 1. The molecule has 2 amide bonds. The zero-order valence-corrected chi connectivity index (χ0v) is 28.3. The van der Waals surface area contributed by atoms with Crippen LogP contribution in [-0.2, 0) is 32.6 Å². The molecule has 0 aliphatic heterocycles. The number of nitrogens with zero attached hydrogens (tertiary/aromatic N) is 2. The van der Waals surface area contributed by atoms with E-state index in [-0.39, 0.29) is 35.6 Å². The quantitative estimate of drug-likeness (QED) is 0.157. The fourth-order valence-corrected chi connectivity index (χ4v) is 6.60. The summed E-state index contributed by atoms with van der Waals surface area (Å²) in [6.45, 7) is 8.12. The lowest BCUT2D eigenvalue weighted by Gasteiger charge is -2.34. The van der Waals surface area contributed by atoms with E-state index in [1.54, 1.807) is 54.6 Å². The van der Waals surface area contributed by atoms with E-state index in [1.807, 2.05) is 56.3 Å². The lowest BCUT2D eigenvalue weighted by molar-refractivity contribution is -0.140. The predicted molar refractivity (Wildman–Crippen MR) is 185 cm³/mol. The molecule has 0 fully saturated rings. The number of hydrogen-bond donors (Lipinski definition) is 1. The maximum absolute atomic E-state index is 14.5. The van der Waals surface area contributed by atoms with Gasteiger partial charge in [-0.25, -0.2) is 8.42 Å². The highest BCUT2D eigenvalue weighted by Gasteiger charge is 2.34. The molecule has 0 aromatic heterocycles. The molecule has 0 aliphatic carbocycles. The standard InChI is InChI=1S/C37H42ClN3O4S/c1-27(2)24-39-37(43)35(23-29-11-7-5-8-12-29)40(25-30-15-19-32(38)20-16-30)36(42)26-41(33-21-17-31(18-22-33)28(3)4)46(44,45)34-13-9-6-10-14-34/h5-22,27-28,35H,23-26H2,1-4H3,(H,39,43)/t35-/m0/s1. The summed E-state index contributed by atoms with van der Waals surface area (Å²) in [6.07, 6.45) is 0.249. The second-order valence-corrected chi connectivity index (χ2v) is 14.4. The Morgan fingerprint density at radius 1 is 0.761 bits per heavy atom. The van der Waals surface area contributed by atoms with E-state index in [1.165, 1.54) is 17.0 Å². The molecule has 0 unspecified atom stereocenters. The van der Waals surface area contributed by atoms with E-state index in [4.69, 9.17) is 11.6 Å². The topological polar surface area (TPSA) is 86.8 Å². The van der Waals surface area contributed by atoms with Crippen molar-refractivity contribution in [2.75, 3.05) is 17.4 Å². The van der Waals surface area contributed by atoms with Crippen molar-refractivity contribution in [3.63, 3.8) is 0 Å². The second-order valence-electron chi connectivity index (χ2n) is 12.1. The van der Waals surface area contributed by atoms with Crippen molar-refractivity contribution in [3.05, 3.63) is 131 Å². The summed E-state index contributed by atoms with van der Waals surface area (Å²) >= 11 is 6.16. The average molecular weight is 660 g/mol. The van der Waals surface area contributed by atoms with Crippen LogP contribution in [0, 0.1) is 5.92 Å². The Bertz CT molecular complexity index is 1680. The highest BCUT2D eigenvalue weighted by Crippen LogP contribution is 2.27. The lowest BCUT2D eigenvalue weighted by atomic mass is 10.0. The third kappa shape index (κ3) is 9.21. The fraction of sp³-hybridized carbons (Fsp3) is 0.297. The molecule has 46 heavy (non-hydrogen) atoms. The third-order valence-electron chi connectivity index (χ3n) is 7.68. The van der Waals surface area contributed by atoms with Crippen LogP contribution >= 0.6 is 11.6 Å².